The van der Waals surface area contributed by atoms with Crippen molar-refractivity contribution in [3.63, 3.8) is 0 Å². The first-order chi connectivity index (χ1) is 13.1. The second-order valence-corrected chi connectivity index (χ2v) is 5.90. The fourth-order valence-electron chi connectivity index (χ4n) is 2.44. The predicted molar refractivity (Wildman–Crippen MR) is 106 cm³/mol. The lowest BCUT2D eigenvalue weighted by Gasteiger charge is -2.13. The van der Waals surface area contributed by atoms with Gasteiger partial charge in [0.15, 0.2) is 23.1 Å². The van der Waals surface area contributed by atoms with Gasteiger partial charge in [-0.05, 0) is 24.6 Å². The highest BCUT2D eigenvalue weighted by Crippen LogP contribution is 2.32. The number of nitrogens with zero attached hydrogens (tertiary/aromatic N) is 1. The number of methoxy groups -OCH3 is 1. The van der Waals surface area contributed by atoms with E-state index in [1.807, 2.05) is 18.2 Å². The SMILES string of the molecule is CCCCCOc1c(/C=C/C=Nc2cc(F)c(F)cc2N)cccc1OC. The Balaban J connectivity index is 2.15. The van der Waals surface area contributed by atoms with Crippen LogP contribution >= 0.6 is 0 Å². The van der Waals surface area contributed by atoms with Gasteiger partial charge in [-0.2, -0.15) is 0 Å². The number of hydrogen-bond acceptors (Lipinski definition) is 4. The zero-order valence-corrected chi connectivity index (χ0v) is 15.5. The summed E-state index contributed by atoms with van der Waals surface area (Å²) in [4.78, 5) is 4.07. The van der Waals surface area contributed by atoms with E-state index in [4.69, 9.17) is 15.2 Å². The van der Waals surface area contributed by atoms with Crippen molar-refractivity contribution in [2.45, 2.75) is 26.2 Å². The fraction of sp³-hybridized carbons (Fsp3) is 0.286. The van der Waals surface area contributed by atoms with E-state index >= 15 is 0 Å². The third-order valence-corrected chi connectivity index (χ3v) is 3.87. The van der Waals surface area contributed by atoms with Crippen molar-refractivity contribution >= 4 is 23.7 Å². The number of hydrogen-bond donors (Lipinski definition) is 1. The maximum absolute atomic E-state index is 13.3. The number of ether oxygens (including phenoxy) is 2. The van der Waals surface area contributed by atoms with E-state index in [1.54, 1.807) is 19.3 Å². The number of anilines is 1. The minimum atomic E-state index is -0.997. The van der Waals surface area contributed by atoms with E-state index in [1.165, 1.54) is 6.21 Å². The maximum atomic E-state index is 13.3. The monoisotopic (exact) mass is 374 g/mol. The number of halogens is 2. The van der Waals surface area contributed by atoms with Crippen LogP contribution < -0.4 is 15.2 Å². The van der Waals surface area contributed by atoms with Crippen LogP contribution in [-0.4, -0.2) is 19.9 Å². The molecule has 0 heterocycles. The first kappa shape index (κ1) is 20.4. The van der Waals surface area contributed by atoms with Gasteiger partial charge >= 0.3 is 0 Å². The molecule has 4 nitrogen and oxygen atoms in total. The molecule has 27 heavy (non-hydrogen) atoms. The van der Waals surface area contributed by atoms with Gasteiger partial charge in [0.05, 0.1) is 25.1 Å². The summed E-state index contributed by atoms with van der Waals surface area (Å²) in [6.45, 7) is 2.74. The van der Waals surface area contributed by atoms with Crippen molar-refractivity contribution in [1.82, 2.24) is 0 Å². The molecule has 0 aliphatic carbocycles. The van der Waals surface area contributed by atoms with Gasteiger partial charge in [-0.1, -0.05) is 31.9 Å². The normalized spacial score (nSPS) is 11.4. The van der Waals surface area contributed by atoms with E-state index in [0.717, 1.165) is 37.0 Å². The quantitative estimate of drug-likeness (QED) is 0.356. The van der Waals surface area contributed by atoms with Gasteiger partial charge < -0.3 is 15.2 Å². The third kappa shape index (κ3) is 5.81. The molecule has 144 valence electrons. The molecule has 0 unspecified atom stereocenters. The topological polar surface area (TPSA) is 56.8 Å². The maximum Gasteiger partial charge on any atom is 0.168 e. The predicted octanol–water partition coefficient (Wildman–Crippen LogP) is 5.54. The molecule has 0 fully saturated rings. The Labute approximate surface area is 158 Å². The standard InChI is InChI=1S/C21H24F2N2O2/c1-3-4-5-12-27-21-15(8-6-10-20(21)26-2)9-7-11-25-19-14-17(23)16(22)13-18(19)24/h6-11,13-14H,3-5,12,24H2,1-2H3/b9-7+,25-11?. The van der Waals surface area contributed by atoms with Gasteiger partial charge in [0.25, 0.3) is 0 Å². The Hall–Kier alpha value is -2.89. The van der Waals surface area contributed by atoms with Crippen molar-refractivity contribution in [2.24, 2.45) is 4.99 Å². The highest BCUT2D eigenvalue weighted by Gasteiger charge is 2.08. The van der Waals surface area contributed by atoms with Gasteiger partial charge in [0.2, 0.25) is 0 Å². The van der Waals surface area contributed by atoms with Gasteiger partial charge in [-0.25, -0.2) is 8.78 Å². The average Bonchev–Trinajstić information content (AvgIpc) is 2.66. The Morgan fingerprint density at radius 3 is 2.67 bits per heavy atom. The zero-order valence-electron chi connectivity index (χ0n) is 15.5. The molecule has 0 amide bonds. The van der Waals surface area contributed by atoms with Crippen LogP contribution in [0.15, 0.2) is 41.4 Å². The number of rotatable bonds is 9. The largest absolute Gasteiger partial charge is 0.493 e. The molecule has 2 aromatic rings. The van der Waals surface area contributed by atoms with Gasteiger partial charge in [-0.15, -0.1) is 0 Å². The number of para-hydroxylation sites is 1. The summed E-state index contributed by atoms with van der Waals surface area (Å²) >= 11 is 0. The summed E-state index contributed by atoms with van der Waals surface area (Å²) in [5.74, 6) is -0.678. The lowest BCUT2D eigenvalue weighted by Crippen LogP contribution is -2.01. The molecular weight excluding hydrogens is 350 g/mol. The van der Waals surface area contributed by atoms with Crippen LogP contribution in [0.2, 0.25) is 0 Å². The summed E-state index contributed by atoms with van der Waals surface area (Å²) in [5, 5.41) is 0. The molecule has 2 aromatic carbocycles. The number of benzene rings is 2. The van der Waals surface area contributed by atoms with Crippen LogP contribution in [0.3, 0.4) is 0 Å². The van der Waals surface area contributed by atoms with Gasteiger partial charge in [0.1, 0.15) is 0 Å². The molecule has 0 atom stereocenters. The van der Waals surface area contributed by atoms with E-state index in [2.05, 4.69) is 11.9 Å². The van der Waals surface area contributed by atoms with Crippen molar-refractivity contribution in [3.05, 3.63) is 53.6 Å². The molecule has 2 N–H and O–H groups in total. The summed E-state index contributed by atoms with van der Waals surface area (Å²) in [6.07, 6.45) is 8.12. The number of nitrogens with two attached hydrogens (primary N) is 1. The summed E-state index contributed by atoms with van der Waals surface area (Å²) < 4.78 is 37.6. The Morgan fingerprint density at radius 2 is 1.93 bits per heavy atom. The molecule has 0 aliphatic rings. The molecular formula is C21H24F2N2O2. The Kier molecular flexibility index (Phi) is 7.79. The molecule has 2 rings (SSSR count). The van der Waals surface area contributed by atoms with E-state index in [9.17, 15) is 8.78 Å². The van der Waals surface area contributed by atoms with Crippen LogP contribution in [0.5, 0.6) is 11.5 Å². The highest BCUT2D eigenvalue weighted by molar-refractivity contribution is 5.83. The minimum absolute atomic E-state index is 0.0693. The second kappa shape index (κ2) is 10.3. The van der Waals surface area contributed by atoms with E-state index in [-0.39, 0.29) is 11.4 Å². The molecule has 0 saturated heterocycles. The molecule has 0 aliphatic heterocycles. The smallest absolute Gasteiger partial charge is 0.168 e. The Morgan fingerprint density at radius 1 is 1.15 bits per heavy atom. The number of aliphatic imine (C=N–C) groups is 1. The average molecular weight is 374 g/mol. The first-order valence-electron chi connectivity index (χ1n) is 8.81. The van der Waals surface area contributed by atoms with Crippen LogP contribution in [0, 0.1) is 11.6 Å². The number of unbranched alkanes of at least 4 members (excludes halogenated alkanes) is 2. The van der Waals surface area contributed by atoms with Gasteiger partial charge in [0, 0.05) is 23.9 Å². The van der Waals surface area contributed by atoms with E-state index in [0.29, 0.717) is 18.1 Å². The molecule has 0 bridgehead atoms. The molecule has 0 aromatic heterocycles. The van der Waals surface area contributed by atoms with Gasteiger partial charge in [-0.3, -0.25) is 4.99 Å². The molecule has 6 heteroatoms. The lowest BCUT2D eigenvalue weighted by molar-refractivity contribution is 0.285. The van der Waals surface area contributed by atoms with Crippen LogP contribution in [-0.2, 0) is 0 Å². The minimum Gasteiger partial charge on any atom is -0.493 e. The highest BCUT2D eigenvalue weighted by atomic mass is 19.2. The van der Waals surface area contributed by atoms with Crippen molar-refractivity contribution in [3.8, 4) is 11.5 Å². The molecule has 0 radical (unpaired) electrons. The molecule has 0 spiro atoms. The number of nitrogen functional groups attached to an aromatic ring is 1. The van der Waals surface area contributed by atoms with E-state index < -0.39 is 11.6 Å². The summed E-state index contributed by atoms with van der Waals surface area (Å²) in [6, 6.07) is 7.47. The van der Waals surface area contributed by atoms with Crippen LogP contribution in [0.1, 0.15) is 31.7 Å². The van der Waals surface area contributed by atoms with Crippen molar-refractivity contribution in [1.29, 1.82) is 0 Å². The fourth-order valence-corrected chi connectivity index (χ4v) is 2.44. The van der Waals surface area contributed by atoms with Crippen LogP contribution in [0.25, 0.3) is 6.08 Å². The third-order valence-electron chi connectivity index (χ3n) is 3.87. The first-order valence-corrected chi connectivity index (χ1v) is 8.81. The lowest BCUT2D eigenvalue weighted by atomic mass is 10.1. The Bertz CT molecular complexity index is 820. The zero-order chi connectivity index (χ0) is 19.6. The number of allylic oxidation sites excluding steroid dienone is 1. The second-order valence-electron chi connectivity index (χ2n) is 5.90. The van der Waals surface area contributed by atoms with Crippen LogP contribution in [0.4, 0.5) is 20.2 Å². The summed E-state index contributed by atoms with van der Waals surface area (Å²) in [5.41, 5.74) is 6.71. The van der Waals surface area contributed by atoms with Crippen molar-refractivity contribution < 1.29 is 18.3 Å². The summed E-state index contributed by atoms with van der Waals surface area (Å²) in [7, 11) is 1.59. The van der Waals surface area contributed by atoms with Crippen molar-refractivity contribution in [2.75, 3.05) is 19.5 Å². The molecule has 0 saturated carbocycles.